The van der Waals surface area contributed by atoms with Crippen LogP contribution in [0.15, 0.2) is 10.4 Å². The molecule has 0 saturated carbocycles. The van der Waals surface area contributed by atoms with Crippen LogP contribution in [0.2, 0.25) is 0 Å². The largest absolute Gasteiger partial charge is 0.376 e. The summed E-state index contributed by atoms with van der Waals surface area (Å²) in [6.07, 6.45) is 2.52. The van der Waals surface area contributed by atoms with E-state index in [2.05, 4.69) is 34.5 Å². The molecule has 1 unspecified atom stereocenters. The van der Waals surface area contributed by atoms with E-state index in [0.29, 0.717) is 18.4 Å². The third-order valence-corrected chi connectivity index (χ3v) is 3.93. The quantitative estimate of drug-likeness (QED) is 0.638. The number of aromatic nitrogens is 1. The molecule has 1 saturated heterocycles. The molecule has 1 aliphatic heterocycles. The van der Waals surface area contributed by atoms with E-state index >= 15 is 0 Å². The van der Waals surface area contributed by atoms with Crippen LogP contribution in [0.1, 0.15) is 43.3 Å². The van der Waals surface area contributed by atoms with Gasteiger partial charge in [0.2, 0.25) is 0 Å². The van der Waals surface area contributed by atoms with Crippen LogP contribution in [0.25, 0.3) is 0 Å². The number of aliphatic imine (C=N–C) groups is 1. The Kier molecular flexibility index (Phi) is 5.15. The van der Waals surface area contributed by atoms with Crippen molar-refractivity contribution >= 4 is 17.3 Å². The summed E-state index contributed by atoms with van der Waals surface area (Å²) in [4.78, 5) is 8.83. The third-order valence-electron chi connectivity index (χ3n) is 3.08. The summed E-state index contributed by atoms with van der Waals surface area (Å²) < 4.78 is 5.51. The Morgan fingerprint density at radius 2 is 2.53 bits per heavy atom. The Hall–Kier alpha value is -1.14. The van der Waals surface area contributed by atoms with Crippen molar-refractivity contribution < 1.29 is 4.74 Å². The second-order valence-corrected chi connectivity index (χ2v) is 5.98. The fourth-order valence-electron chi connectivity index (χ4n) is 1.90. The smallest absolute Gasteiger partial charge is 0.189 e. The van der Waals surface area contributed by atoms with Crippen LogP contribution >= 0.6 is 11.3 Å². The fraction of sp³-hybridized carbons (Fsp3) is 0.692. The van der Waals surface area contributed by atoms with Gasteiger partial charge in [0.25, 0.3) is 0 Å². The van der Waals surface area contributed by atoms with Gasteiger partial charge >= 0.3 is 0 Å². The van der Waals surface area contributed by atoms with Crippen molar-refractivity contribution in [3.63, 3.8) is 0 Å². The summed E-state index contributed by atoms with van der Waals surface area (Å²) in [5.74, 6) is 0.931. The van der Waals surface area contributed by atoms with Crippen LogP contribution in [0, 0.1) is 0 Å². The zero-order valence-electron chi connectivity index (χ0n) is 11.6. The maximum Gasteiger partial charge on any atom is 0.189 e. The maximum absolute atomic E-state index is 5.83. The fourth-order valence-corrected chi connectivity index (χ4v) is 2.77. The van der Waals surface area contributed by atoms with Gasteiger partial charge in [0.05, 0.1) is 18.3 Å². The maximum atomic E-state index is 5.83. The molecule has 0 bridgehead atoms. The van der Waals surface area contributed by atoms with Crippen molar-refractivity contribution in [3.8, 4) is 0 Å². The molecule has 106 valence electrons. The van der Waals surface area contributed by atoms with Gasteiger partial charge in [-0.25, -0.2) is 9.98 Å². The second kappa shape index (κ2) is 6.86. The zero-order valence-corrected chi connectivity index (χ0v) is 12.4. The number of nitrogens with zero attached hydrogens (tertiary/aromatic N) is 2. The number of ether oxygens (including phenoxy) is 1. The molecular weight excluding hydrogens is 260 g/mol. The van der Waals surface area contributed by atoms with Gasteiger partial charge in [-0.3, -0.25) is 0 Å². The summed E-state index contributed by atoms with van der Waals surface area (Å²) in [7, 11) is 0. The van der Waals surface area contributed by atoms with Crippen LogP contribution in [0.4, 0.5) is 0 Å². The summed E-state index contributed by atoms with van der Waals surface area (Å²) >= 11 is 1.64. The average molecular weight is 282 g/mol. The Balaban J connectivity index is 1.76. The molecule has 2 rings (SSSR count). The van der Waals surface area contributed by atoms with Gasteiger partial charge in [-0.15, -0.1) is 11.3 Å². The van der Waals surface area contributed by atoms with E-state index in [0.717, 1.165) is 36.7 Å². The molecule has 2 heterocycles. The van der Waals surface area contributed by atoms with Crippen LogP contribution in [0.3, 0.4) is 0 Å². The molecule has 0 aliphatic carbocycles. The minimum atomic E-state index is 0.279. The molecule has 1 aliphatic rings. The summed E-state index contributed by atoms with van der Waals surface area (Å²) in [5.41, 5.74) is 6.95. The normalized spacial score (nSPS) is 20.2. The first-order valence-electron chi connectivity index (χ1n) is 6.75. The van der Waals surface area contributed by atoms with Gasteiger partial charge < -0.3 is 15.8 Å². The standard InChI is InChI=1S/C13H22N4OS/c1-9(2)11-8-19-12(17-11)7-16-13(14)15-6-10-4-3-5-18-10/h8-10H,3-7H2,1-2H3,(H3,14,15,16). The first kappa shape index (κ1) is 14.3. The Morgan fingerprint density at radius 1 is 1.68 bits per heavy atom. The number of rotatable bonds is 5. The average Bonchev–Trinajstić information content (AvgIpc) is 3.05. The van der Waals surface area contributed by atoms with E-state index in [4.69, 9.17) is 10.5 Å². The van der Waals surface area contributed by atoms with E-state index in [1.165, 1.54) is 0 Å². The number of thiazole rings is 1. The Bertz CT molecular complexity index is 424. The highest BCUT2D eigenvalue weighted by Gasteiger charge is 2.14. The Labute approximate surface area is 118 Å². The van der Waals surface area contributed by atoms with Crippen molar-refractivity contribution in [2.45, 2.75) is 45.3 Å². The van der Waals surface area contributed by atoms with E-state index in [1.54, 1.807) is 11.3 Å². The monoisotopic (exact) mass is 282 g/mol. The minimum Gasteiger partial charge on any atom is -0.376 e. The molecule has 5 nitrogen and oxygen atoms in total. The lowest BCUT2D eigenvalue weighted by atomic mass is 10.2. The Morgan fingerprint density at radius 3 is 3.16 bits per heavy atom. The summed E-state index contributed by atoms with van der Waals surface area (Å²) in [6.45, 7) is 6.42. The summed E-state index contributed by atoms with van der Waals surface area (Å²) in [6, 6.07) is 0. The van der Waals surface area contributed by atoms with Crippen molar-refractivity contribution in [3.05, 3.63) is 16.1 Å². The minimum absolute atomic E-state index is 0.279. The molecule has 19 heavy (non-hydrogen) atoms. The third kappa shape index (κ3) is 4.47. The van der Waals surface area contributed by atoms with Gasteiger partial charge in [-0.2, -0.15) is 0 Å². The zero-order chi connectivity index (χ0) is 13.7. The van der Waals surface area contributed by atoms with Crippen LogP contribution in [-0.2, 0) is 11.3 Å². The molecule has 1 atom stereocenters. The van der Waals surface area contributed by atoms with Gasteiger partial charge in [-0.1, -0.05) is 13.8 Å². The number of guanidine groups is 1. The first-order chi connectivity index (χ1) is 9.15. The van der Waals surface area contributed by atoms with Crippen molar-refractivity contribution in [1.29, 1.82) is 0 Å². The highest BCUT2D eigenvalue weighted by atomic mass is 32.1. The number of hydrogen-bond donors (Lipinski definition) is 2. The first-order valence-corrected chi connectivity index (χ1v) is 7.63. The topological polar surface area (TPSA) is 72.5 Å². The number of nitrogens with one attached hydrogen (secondary N) is 1. The van der Waals surface area contributed by atoms with Gasteiger partial charge in [0.15, 0.2) is 5.96 Å². The predicted octanol–water partition coefficient (Wildman–Crippen LogP) is 1.85. The molecule has 1 fully saturated rings. The van der Waals surface area contributed by atoms with E-state index in [1.807, 2.05) is 0 Å². The molecule has 1 aromatic rings. The number of hydrogen-bond acceptors (Lipinski definition) is 4. The second-order valence-electron chi connectivity index (χ2n) is 5.04. The van der Waals surface area contributed by atoms with Crippen LogP contribution in [0.5, 0.6) is 0 Å². The lowest BCUT2D eigenvalue weighted by Gasteiger charge is -2.10. The molecule has 6 heteroatoms. The SMILES string of the molecule is CC(C)c1csc(CN=C(N)NCC2CCCO2)n1. The lowest BCUT2D eigenvalue weighted by Crippen LogP contribution is -2.37. The van der Waals surface area contributed by atoms with Crippen LogP contribution < -0.4 is 11.1 Å². The van der Waals surface area contributed by atoms with Crippen molar-refractivity contribution in [2.75, 3.05) is 13.2 Å². The van der Waals surface area contributed by atoms with Crippen molar-refractivity contribution in [1.82, 2.24) is 10.3 Å². The van der Waals surface area contributed by atoms with Gasteiger partial charge in [-0.05, 0) is 18.8 Å². The van der Waals surface area contributed by atoms with Gasteiger partial charge in [0, 0.05) is 18.5 Å². The molecule has 0 amide bonds. The molecule has 3 N–H and O–H groups in total. The molecule has 1 aromatic heterocycles. The highest BCUT2D eigenvalue weighted by molar-refractivity contribution is 7.09. The van der Waals surface area contributed by atoms with Crippen LogP contribution in [-0.4, -0.2) is 30.2 Å². The van der Waals surface area contributed by atoms with Gasteiger partial charge in [0.1, 0.15) is 5.01 Å². The predicted molar refractivity (Wildman–Crippen MR) is 78.5 cm³/mol. The highest BCUT2D eigenvalue weighted by Crippen LogP contribution is 2.18. The van der Waals surface area contributed by atoms with E-state index in [9.17, 15) is 0 Å². The van der Waals surface area contributed by atoms with E-state index in [-0.39, 0.29) is 6.10 Å². The van der Waals surface area contributed by atoms with E-state index < -0.39 is 0 Å². The lowest BCUT2D eigenvalue weighted by molar-refractivity contribution is 0.114. The molecule has 0 radical (unpaired) electrons. The number of nitrogens with two attached hydrogens (primary N) is 1. The van der Waals surface area contributed by atoms with Crippen molar-refractivity contribution in [2.24, 2.45) is 10.7 Å². The molecule has 0 spiro atoms. The summed E-state index contributed by atoms with van der Waals surface area (Å²) in [5, 5.41) is 6.20. The molecular formula is C13H22N4OS. The molecule has 0 aromatic carbocycles.